The van der Waals surface area contributed by atoms with Crippen LogP contribution in [0.1, 0.15) is 176 Å². The van der Waals surface area contributed by atoms with Gasteiger partial charge in [0.25, 0.3) is 0 Å². The van der Waals surface area contributed by atoms with Crippen molar-refractivity contribution in [3.63, 3.8) is 0 Å². The van der Waals surface area contributed by atoms with Crippen LogP contribution in [-0.2, 0) is 19.1 Å². The van der Waals surface area contributed by atoms with Gasteiger partial charge in [-0.1, -0.05) is 125 Å². The molecule has 38 heavy (non-hydrogen) atoms. The second-order valence-corrected chi connectivity index (χ2v) is 12.4. The monoisotopic (exact) mass is 538 g/mol. The van der Waals surface area contributed by atoms with Crippen LogP contribution in [0.3, 0.4) is 0 Å². The van der Waals surface area contributed by atoms with Crippen LogP contribution in [0.2, 0.25) is 0 Å². The van der Waals surface area contributed by atoms with E-state index in [1.165, 1.54) is 77.0 Å². The molecule has 0 bridgehead atoms. The van der Waals surface area contributed by atoms with Crippen LogP contribution in [0, 0.1) is 17.8 Å². The summed E-state index contributed by atoms with van der Waals surface area (Å²) in [6.45, 7) is 12.2. The van der Waals surface area contributed by atoms with E-state index in [1.807, 2.05) is 0 Å². The van der Waals surface area contributed by atoms with Crippen LogP contribution in [0.15, 0.2) is 0 Å². The highest BCUT2D eigenvalue weighted by atomic mass is 16.5. The zero-order chi connectivity index (χ0) is 28.3. The standard InChI is InChI=1S/C34H66O4/c1-6-32(34(36)38-29-23-21-25-31(4)5)26-18-16-14-12-10-8-7-9-11-13-15-17-19-27-33(35)37-28-22-20-24-30(2)3/h30-32H,6-29H2,1-5H3. The average molecular weight is 539 g/mol. The summed E-state index contributed by atoms with van der Waals surface area (Å²) in [7, 11) is 0. The lowest BCUT2D eigenvalue weighted by Crippen LogP contribution is -2.17. The highest BCUT2D eigenvalue weighted by Crippen LogP contribution is 2.18. The van der Waals surface area contributed by atoms with Gasteiger partial charge in [-0.2, -0.15) is 0 Å². The number of hydrogen-bond donors (Lipinski definition) is 0. The molecule has 0 spiro atoms. The van der Waals surface area contributed by atoms with Gasteiger partial charge in [-0.15, -0.1) is 0 Å². The van der Waals surface area contributed by atoms with E-state index < -0.39 is 0 Å². The van der Waals surface area contributed by atoms with Crippen molar-refractivity contribution in [1.82, 2.24) is 0 Å². The molecule has 0 aromatic carbocycles. The predicted octanol–water partition coefficient (Wildman–Crippen LogP) is 10.6. The maximum absolute atomic E-state index is 12.3. The van der Waals surface area contributed by atoms with Crippen LogP contribution in [0.4, 0.5) is 0 Å². The van der Waals surface area contributed by atoms with E-state index in [4.69, 9.17) is 9.47 Å². The van der Waals surface area contributed by atoms with Gasteiger partial charge >= 0.3 is 11.9 Å². The summed E-state index contributed by atoms with van der Waals surface area (Å²) >= 11 is 0. The summed E-state index contributed by atoms with van der Waals surface area (Å²) in [5, 5.41) is 0. The molecule has 0 radical (unpaired) electrons. The molecule has 0 saturated carbocycles. The van der Waals surface area contributed by atoms with Gasteiger partial charge in [0.1, 0.15) is 0 Å². The molecule has 0 aromatic rings. The zero-order valence-corrected chi connectivity index (χ0v) is 26.3. The Morgan fingerprint density at radius 2 is 0.895 bits per heavy atom. The molecule has 0 aliphatic carbocycles. The summed E-state index contributed by atoms with van der Waals surface area (Å²) < 4.78 is 10.9. The highest BCUT2D eigenvalue weighted by molar-refractivity contribution is 5.72. The second kappa shape index (κ2) is 27.5. The van der Waals surface area contributed by atoms with E-state index in [0.29, 0.717) is 19.6 Å². The lowest BCUT2D eigenvalue weighted by molar-refractivity contribution is -0.149. The number of hydrogen-bond acceptors (Lipinski definition) is 4. The van der Waals surface area contributed by atoms with E-state index in [1.54, 1.807) is 0 Å². The number of rotatable bonds is 28. The molecule has 0 amide bonds. The fourth-order valence-electron chi connectivity index (χ4n) is 4.95. The number of ether oxygens (including phenoxy) is 2. The van der Waals surface area contributed by atoms with E-state index >= 15 is 0 Å². The van der Waals surface area contributed by atoms with Gasteiger partial charge < -0.3 is 9.47 Å². The van der Waals surface area contributed by atoms with Gasteiger partial charge in [0, 0.05) is 6.42 Å². The number of unbranched alkanes of at least 4 members (excludes halogenated alkanes) is 14. The van der Waals surface area contributed by atoms with Gasteiger partial charge in [-0.25, -0.2) is 0 Å². The fourth-order valence-corrected chi connectivity index (χ4v) is 4.95. The second-order valence-electron chi connectivity index (χ2n) is 12.4. The Bertz CT molecular complexity index is 529. The molecule has 0 fully saturated rings. The third-order valence-electron chi connectivity index (χ3n) is 7.62. The molecule has 0 aliphatic heterocycles. The number of carbonyl (C=O) groups excluding carboxylic acids is 2. The summed E-state index contributed by atoms with van der Waals surface area (Å²) in [5.74, 6) is 1.58. The first-order chi connectivity index (χ1) is 18.4. The molecule has 0 N–H and O–H groups in total. The number of esters is 2. The van der Waals surface area contributed by atoms with Crippen molar-refractivity contribution in [2.24, 2.45) is 17.8 Å². The molecule has 4 nitrogen and oxygen atoms in total. The maximum Gasteiger partial charge on any atom is 0.308 e. The van der Waals surface area contributed by atoms with Crippen molar-refractivity contribution in [1.29, 1.82) is 0 Å². The third kappa shape index (κ3) is 26.5. The first-order valence-electron chi connectivity index (χ1n) is 16.7. The molecule has 0 aliphatic rings. The van der Waals surface area contributed by atoms with Crippen LogP contribution >= 0.6 is 0 Å². The Labute approximate surface area is 237 Å². The van der Waals surface area contributed by atoms with E-state index in [0.717, 1.165) is 69.6 Å². The fraction of sp³-hybridized carbons (Fsp3) is 0.941. The molecule has 226 valence electrons. The summed E-state index contributed by atoms with van der Waals surface area (Å²) in [4.78, 5) is 24.0. The Balaban J connectivity index is 3.40. The molecular weight excluding hydrogens is 472 g/mol. The minimum atomic E-state index is -0.00913. The normalized spacial score (nSPS) is 12.3. The average Bonchev–Trinajstić information content (AvgIpc) is 2.87. The lowest BCUT2D eigenvalue weighted by atomic mass is 9.97. The third-order valence-corrected chi connectivity index (χ3v) is 7.62. The predicted molar refractivity (Wildman–Crippen MR) is 162 cm³/mol. The zero-order valence-electron chi connectivity index (χ0n) is 26.3. The Morgan fingerprint density at radius 3 is 1.34 bits per heavy atom. The van der Waals surface area contributed by atoms with Crippen LogP contribution in [0.25, 0.3) is 0 Å². The van der Waals surface area contributed by atoms with Gasteiger partial charge in [-0.3, -0.25) is 9.59 Å². The van der Waals surface area contributed by atoms with Crippen LogP contribution in [-0.4, -0.2) is 25.2 Å². The largest absolute Gasteiger partial charge is 0.466 e. The SMILES string of the molecule is CCC(CCCCCCCCCCCCCCCC(=O)OCCCCC(C)C)C(=O)OCCCCC(C)C. The minimum absolute atomic E-state index is 0.00913. The smallest absolute Gasteiger partial charge is 0.308 e. The maximum atomic E-state index is 12.3. The van der Waals surface area contributed by atoms with Gasteiger partial charge in [-0.05, 0) is 56.8 Å². The quantitative estimate of drug-likeness (QED) is 0.0734. The molecule has 0 saturated heterocycles. The Hall–Kier alpha value is -1.06. The van der Waals surface area contributed by atoms with Crippen molar-refractivity contribution >= 4 is 11.9 Å². The molecule has 4 heteroatoms. The first-order valence-corrected chi connectivity index (χ1v) is 16.7. The van der Waals surface area contributed by atoms with Crippen LogP contribution < -0.4 is 0 Å². The Morgan fingerprint density at radius 1 is 0.500 bits per heavy atom. The van der Waals surface area contributed by atoms with Gasteiger partial charge in [0.2, 0.25) is 0 Å². The molecule has 0 aromatic heterocycles. The van der Waals surface area contributed by atoms with Crippen LogP contribution in [0.5, 0.6) is 0 Å². The summed E-state index contributed by atoms with van der Waals surface area (Å²) in [6.07, 6.45) is 25.6. The van der Waals surface area contributed by atoms with Crippen molar-refractivity contribution in [3.05, 3.63) is 0 Å². The molecule has 1 atom stereocenters. The van der Waals surface area contributed by atoms with Gasteiger partial charge in [0.15, 0.2) is 0 Å². The molecule has 0 rings (SSSR count). The summed E-state index contributed by atoms with van der Waals surface area (Å²) in [5.41, 5.74) is 0. The lowest BCUT2D eigenvalue weighted by Gasteiger charge is -2.14. The van der Waals surface area contributed by atoms with Crippen molar-refractivity contribution in [2.75, 3.05) is 13.2 Å². The molecule has 1 unspecified atom stereocenters. The van der Waals surface area contributed by atoms with Gasteiger partial charge in [0.05, 0.1) is 19.1 Å². The van der Waals surface area contributed by atoms with Crippen molar-refractivity contribution < 1.29 is 19.1 Å². The van der Waals surface area contributed by atoms with E-state index in [-0.39, 0.29) is 17.9 Å². The highest BCUT2D eigenvalue weighted by Gasteiger charge is 2.17. The minimum Gasteiger partial charge on any atom is -0.466 e. The molecular formula is C34H66O4. The van der Waals surface area contributed by atoms with Crippen molar-refractivity contribution in [2.45, 2.75) is 176 Å². The molecule has 0 heterocycles. The Kier molecular flexibility index (Phi) is 26.7. The topological polar surface area (TPSA) is 52.6 Å². The van der Waals surface area contributed by atoms with Crippen molar-refractivity contribution in [3.8, 4) is 0 Å². The first kappa shape index (κ1) is 36.9. The van der Waals surface area contributed by atoms with E-state index in [2.05, 4.69) is 34.6 Å². The summed E-state index contributed by atoms with van der Waals surface area (Å²) in [6, 6.07) is 0. The van der Waals surface area contributed by atoms with E-state index in [9.17, 15) is 9.59 Å². The number of carbonyl (C=O) groups is 2.